The number of hydrogen-bond donors (Lipinski definition) is 1. The predicted octanol–water partition coefficient (Wildman–Crippen LogP) is 3.03. The van der Waals surface area contributed by atoms with Gasteiger partial charge in [-0.05, 0) is 30.4 Å². The van der Waals surface area contributed by atoms with Gasteiger partial charge in [0.25, 0.3) is 0 Å². The Labute approximate surface area is 139 Å². The molecule has 2 aliphatic rings. The number of aromatic nitrogens is 1. The van der Waals surface area contributed by atoms with Crippen LogP contribution in [-0.4, -0.2) is 31.2 Å². The van der Waals surface area contributed by atoms with Gasteiger partial charge in [0.1, 0.15) is 12.4 Å². The van der Waals surface area contributed by atoms with E-state index in [2.05, 4.69) is 36.2 Å². The zero-order valence-corrected chi connectivity index (χ0v) is 14.4. The first-order valence-electron chi connectivity index (χ1n) is 7.22. The summed E-state index contributed by atoms with van der Waals surface area (Å²) in [6.45, 7) is 9.31. The standard InChI is InChI=1S/C15H23N3O.2ClH/c1-15(2)6-3-8-18(11-15)13-5-4-12-10-16-7-9-19-14(12)17-13;;/h4-5,16H,3,6-11H2,1-2H3;2*1H. The van der Waals surface area contributed by atoms with Gasteiger partial charge in [-0.15, -0.1) is 24.8 Å². The number of rotatable bonds is 1. The summed E-state index contributed by atoms with van der Waals surface area (Å²) in [5, 5.41) is 3.34. The molecule has 0 aromatic carbocycles. The normalized spacial score (nSPS) is 20.2. The summed E-state index contributed by atoms with van der Waals surface area (Å²) < 4.78 is 5.73. The van der Waals surface area contributed by atoms with Gasteiger partial charge in [-0.25, -0.2) is 0 Å². The van der Waals surface area contributed by atoms with Crippen molar-refractivity contribution in [3.05, 3.63) is 17.7 Å². The van der Waals surface area contributed by atoms with Gasteiger partial charge in [-0.1, -0.05) is 13.8 Å². The number of ether oxygens (including phenoxy) is 1. The molecule has 120 valence electrons. The maximum absolute atomic E-state index is 5.73. The predicted molar refractivity (Wildman–Crippen MR) is 91.2 cm³/mol. The molecule has 1 aromatic heterocycles. The molecule has 1 aromatic rings. The largest absolute Gasteiger partial charge is 0.476 e. The van der Waals surface area contributed by atoms with Gasteiger partial charge in [0.15, 0.2) is 0 Å². The second-order valence-corrected chi connectivity index (χ2v) is 6.35. The summed E-state index contributed by atoms with van der Waals surface area (Å²) in [6.07, 6.45) is 2.54. The highest BCUT2D eigenvalue weighted by Crippen LogP contribution is 2.32. The van der Waals surface area contributed by atoms with Crippen LogP contribution in [0.25, 0.3) is 0 Å². The van der Waals surface area contributed by atoms with E-state index < -0.39 is 0 Å². The zero-order chi connectivity index (χ0) is 13.3. The Morgan fingerprint density at radius 3 is 2.86 bits per heavy atom. The molecular formula is C15H25Cl2N3O. The van der Waals surface area contributed by atoms with Crippen molar-refractivity contribution in [3.8, 4) is 5.88 Å². The quantitative estimate of drug-likeness (QED) is 0.857. The van der Waals surface area contributed by atoms with E-state index in [1.807, 2.05) is 0 Å². The van der Waals surface area contributed by atoms with Crippen molar-refractivity contribution in [2.75, 3.05) is 31.1 Å². The Morgan fingerprint density at radius 2 is 2.10 bits per heavy atom. The van der Waals surface area contributed by atoms with Crippen molar-refractivity contribution in [2.45, 2.75) is 33.2 Å². The minimum absolute atomic E-state index is 0. The van der Waals surface area contributed by atoms with E-state index in [0.29, 0.717) is 12.0 Å². The fourth-order valence-corrected chi connectivity index (χ4v) is 2.96. The van der Waals surface area contributed by atoms with Crippen molar-refractivity contribution in [2.24, 2.45) is 5.41 Å². The van der Waals surface area contributed by atoms with Gasteiger partial charge in [0.2, 0.25) is 5.88 Å². The van der Waals surface area contributed by atoms with Crippen LogP contribution in [0.3, 0.4) is 0 Å². The first-order valence-corrected chi connectivity index (χ1v) is 7.22. The molecule has 1 fully saturated rings. The summed E-state index contributed by atoms with van der Waals surface area (Å²) in [6, 6.07) is 4.29. The molecule has 1 N–H and O–H groups in total. The average Bonchev–Trinajstić information content (AvgIpc) is 2.61. The Hall–Kier alpha value is -0.710. The summed E-state index contributed by atoms with van der Waals surface area (Å²) in [5.74, 6) is 1.87. The van der Waals surface area contributed by atoms with E-state index in [-0.39, 0.29) is 24.8 Å². The second kappa shape index (κ2) is 7.52. The SMILES string of the molecule is CC1(C)CCCN(c2ccc3c(n2)OCCNC3)C1.Cl.Cl. The Balaban J connectivity index is 0.00000110. The maximum Gasteiger partial charge on any atom is 0.219 e. The van der Waals surface area contributed by atoms with Gasteiger partial charge in [-0.3, -0.25) is 0 Å². The number of piperidine rings is 1. The van der Waals surface area contributed by atoms with Crippen molar-refractivity contribution in [3.63, 3.8) is 0 Å². The molecule has 0 spiro atoms. The molecule has 0 saturated carbocycles. The molecule has 0 radical (unpaired) electrons. The lowest BCUT2D eigenvalue weighted by molar-refractivity contribution is 0.289. The number of halogens is 2. The number of nitrogens with one attached hydrogen (secondary N) is 1. The van der Waals surface area contributed by atoms with Crippen LogP contribution >= 0.6 is 24.8 Å². The third-order valence-corrected chi connectivity index (χ3v) is 3.98. The molecule has 0 unspecified atom stereocenters. The molecular weight excluding hydrogens is 309 g/mol. The van der Waals surface area contributed by atoms with Gasteiger partial charge in [0, 0.05) is 31.7 Å². The van der Waals surface area contributed by atoms with Crippen LogP contribution < -0.4 is 15.0 Å². The number of hydrogen-bond acceptors (Lipinski definition) is 4. The van der Waals surface area contributed by atoms with E-state index in [9.17, 15) is 0 Å². The summed E-state index contributed by atoms with van der Waals surface area (Å²) >= 11 is 0. The Bertz CT molecular complexity index is 468. The third kappa shape index (κ3) is 4.38. The summed E-state index contributed by atoms with van der Waals surface area (Å²) in [4.78, 5) is 7.12. The van der Waals surface area contributed by atoms with Crippen LogP contribution in [0, 0.1) is 5.41 Å². The fraction of sp³-hybridized carbons (Fsp3) is 0.667. The van der Waals surface area contributed by atoms with E-state index in [1.54, 1.807) is 0 Å². The topological polar surface area (TPSA) is 37.4 Å². The lowest BCUT2D eigenvalue weighted by Crippen LogP contribution is -2.40. The Morgan fingerprint density at radius 1 is 1.29 bits per heavy atom. The number of fused-ring (bicyclic) bond motifs is 1. The van der Waals surface area contributed by atoms with Crippen LogP contribution in [-0.2, 0) is 6.54 Å². The van der Waals surface area contributed by atoms with E-state index in [4.69, 9.17) is 9.72 Å². The highest BCUT2D eigenvalue weighted by molar-refractivity contribution is 5.85. The van der Waals surface area contributed by atoms with Crippen molar-refractivity contribution >= 4 is 30.6 Å². The van der Waals surface area contributed by atoms with Crippen LogP contribution in [0.15, 0.2) is 12.1 Å². The monoisotopic (exact) mass is 333 g/mol. The molecule has 21 heavy (non-hydrogen) atoms. The maximum atomic E-state index is 5.73. The fourth-order valence-electron chi connectivity index (χ4n) is 2.96. The van der Waals surface area contributed by atoms with Crippen molar-refractivity contribution < 1.29 is 4.74 Å². The van der Waals surface area contributed by atoms with Crippen molar-refractivity contribution in [1.29, 1.82) is 0 Å². The Kier molecular flexibility index (Phi) is 6.57. The van der Waals surface area contributed by atoms with Gasteiger partial charge in [-0.2, -0.15) is 4.98 Å². The van der Waals surface area contributed by atoms with Crippen LogP contribution in [0.4, 0.5) is 5.82 Å². The third-order valence-electron chi connectivity index (χ3n) is 3.98. The molecule has 6 heteroatoms. The van der Waals surface area contributed by atoms with E-state index >= 15 is 0 Å². The number of anilines is 1. The lowest BCUT2D eigenvalue weighted by Gasteiger charge is -2.38. The molecule has 1 saturated heterocycles. The van der Waals surface area contributed by atoms with Crippen LogP contribution in [0.1, 0.15) is 32.3 Å². The van der Waals surface area contributed by atoms with E-state index in [1.165, 1.54) is 12.8 Å². The summed E-state index contributed by atoms with van der Waals surface area (Å²) in [5.41, 5.74) is 1.55. The molecule has 3 heterocycles. The highest BCUT2D eigenvalue weighted by atomic mass is 35.5. The smallest absolute Gasteiger partial charge is 0.219 e. The summed E-state index contributed by atoms with van der Waals surface area (Å²) in [7, 11) is 0. The average molecular weight is 334 g/mol. The van der Waals surface area contributed by atoms with Crippen LogP contribution in [0.5, 0.6) is 5.88 Å². The molecule has 0 amide bonds. The minimum Gasteiger partial charge on any atom is -0.476 e. The number of nitrogens with zero attached hydrogens (tertiary/aromatic N) is 2. The molecule has 0 bridgehead atoms. The first kappa shape index (κ1) is 18.3. The lowest BCUT2D eigenvalue weighted by atomic mass is 9.84. The molecule has 0 aliphatic carbocycles. The second-order valence-electron chi connectivity index (χ2n) is 6.35. The van der Waals surface area contributed by atoms with Crippen molar-refractivity contribution in [1.82, 2.24) is 10.3 Å². The van der Waals surface area contributed by atoms with Gasteiger partial charge in [0.05, 0.1) is 0 Å². The minimum atomic E-state index is 0. The molecule has 0 atom stereocenters. The number of pyridine rings is 1. The molecule has 3 rings (SSSR count). The van der Waals surface area contributed by atoms with Crippen LogP contribution in [0.2, 0.25) is 0 Å². The van der Waals surface area contributed by atoms with Gasteiger partial charge < -0.3 is 15.0 Å². The highest BCUT2D eigenvalue weighted by Gasteiger charge is 2.27. The van der Waals surface area contributed by atoms with E-state index in [0.717, 1.165) is 43.4 Å². The zero-order valence-electron chi connectivity index (χ0n) is 12.7. The van der Waals surface area contributed by atoms with Gasteiger partial charge >= 0.3 is 0 Å². The molecule has 4 nitrogen and oxygen atoms in total. The first-order chi connectivity index (χ1) is 9.14. The molecule has 2 aliphatic heterocycles.